The van der Waals surface area contributed by atoms with E-state index in [-0.39, 0.29) is 5.56 Å². The van der Waals surface area contributed by atoms with Crippen molar-refractivity contribution in [3.63, 3.8) is 0 Å². The van der Waals surface area contributed by atoms with Gasteiger partial charge in [-0.15, -0.1) is 11.3 Å². The van der Waals surface area contributed by atoms with Crippen molar-refractivity contribution in [3.8, 4) is 28.7 Å². The van der Waals surface area contributed by atoms with Crippen LogP contribution < -0.4 is 16.0 Å². The molecule has 0 aliphatic carbocycles. The molecule has 3 aromatic rings. The van der Waals surface area contributed by atoms with Gasteiger partial charge in [0.1, 0.15) is 26.7 Å². The number of nitriles is 1. The Bertz CT molecular complexity index is 1110. The molecule has 0 saturated heterocycles. The van der Waals surface area contributed by atoms with Crippen LogP contribution >= 0.6 is 22.9 Å². The summed E-state index contributed by atoms with van der Waals surface area (Å²) in [5.74, 6) is -0.558. The highest BCUT2D eigenvalue weighted by Gasteiger charge is 2.21. The number of primary amides is 1. The lowest BCUT2D eigenvalue weighted by atomic mass is 10.0. The molecule has 1 unspecified atom stereocenters. The predicted octanol–water partition coefficient (Wildman–Crippen LogP) is 2.74. The van der Waals surface area contributed by atoms with Crippen molar-refractivity contribution in [1.82, 2.24) is 4.98 Å². The van der Waals surface area contributed by atoms with E-state index in [1.54, 1.807) is 30.3 Å². The van der Waals surface area contributed by atoms with Crippen LogP contribution in [0.25, 0.3) is 21.3 Å². The van der Waals surface area contributed by atoms with Gasteiger partial charge in [0.25, 0.3) is 11.5 Å². The Hall–Kier alpha value is -3.02. The van der Waals surface area contributed by atoms with Gasteiger partial charge in [-0.05, 0) is 24.6 Å². The number of aromatic nitrogens is 1. The number of benzene rings is 1. The number of nitrogens with two attached hydrogens (primary N) is 1. The summed E-state index contributed by atoms with van der Waals surface area (Å²) in [5.41, 5.74) is 5.26. The highest BCUT2D eigenvalue weighted by atomic mass is 35.5. The molecule has 0 saturated carbocycles. The number of carbonyl (C=O) groups is 1. The molecule has 2 aromatic heterocycles. The molecule has 0 aliphatic heterocycles. The van der Waals surface area contributed by atoms with E-state index in [0.29, 0.717) is 31.4 Å². The Labute approximate surface area is 156 Å². The van der Waals surface area contributed by atoms with Gasteiger partial charge >= 0.3 is 0 Å². The highest BCUT2D eigenvalue weighted by Crippen LogP contribution is 2.45. The molecule has 2 heterocycles. The minimum Gasteiger partial charge on any atom is -0.506 e. The SMILES string of the molecule is CC(Oc1ccc(-c2c(Cl)sc3[nH]c(=O)c(C#N)c(O)c23)cc1)C(N)=O. The smallest absolute Gasteiger partial charge is 0.270 e. The lowest BCUT2D eigenvalue weighted by Gasteiger charge is -2.11. The molecule has 0 bridgehead atoms. The van der Waals surface area contributed by atoms with Gasteiger partial charge in [0.2, 0.25) is 0 Å². The maximum Gasteiger partial charge on any atom is 0.270 e. The Balaban J connectivity index is 2.11. The van der Waals surface area contributed by atoms with E-state index < -0.39 is 23.3 Å². The summed E-state index contributed by atoms with van der Waals surface area (Å²) in [6.07, 6.45) is -0.779. The Morgan fingerprint density at radius 2 is 2.08 bits per heavy atom. The largest absolute Gasteiger partial charge is 0.506 e. The number of hydrogen-bond donors (Lipinski definition) is 3. The van der Waals surface area contributed by atoms with Crippen molar-refractivity contribution in [2.45, 2.75) is 13.0 Å². The zero-order chi connectivity index (χ0) is 19.0. The van der Waals surface area contributed by atoms with Crippen molar-refractivity contribution < 1.29 is 14.6 Å². The van der Waals surface area contributed by atoms with Crippen LogP contribution in [0.3, 0.4) is 0 Å². The number of H-pyrrole nitrogens is 1. The molecule has 3 rings (SSSR count). The predicted molar refractivity (Wildman–Crippen MR) is 98.6 cm³/mol. The van der Waals surface area contributed by atoms with Gasteiger partial charge in [-0.25, -0.2) is 0 Å². The van der Waals surface area contributed by atoms with Crippen LogP contribution in [0.4, 0.5) is 0 Å². The van der Waals surface area contributed by atoms with Crippen molar-refractivity contribution in [2.24, 2.45) is 5.73 Å². The number of rotatable bonds is 4. The van der Waals surface area contributed by atoms with Crippen LogP contribution in [-0.4, -0.2) is 22.1 Å². The third kappa shape index (κ3) is 2.98. The Morgan fingerprint density at radius 1 is 1.42 bits per heavy atom. The third-order valence-corrected chi connectivity index (χ3v) is 5.08. The van der Waals surface area contributed by atoms with Gasteiger partial charge < -0.3 is 20.6 Å². The van der Waals surface area contributed by atoms with Gasteiger partial charge in [0.15, 0.2) is 11.7 Å². The summed E-state index contributed by atoms with van der Waals surface area (Å²) >= 11 is 7.39. The molecule has 9 heteroatoms. The van der Waals surface area contributed by atoms with E-state index in [1.807, 2.05) is 0 Å². The standard InChI is InChI=1S/C17H12ClN3O4S/c1-7(15(20)23)25-9-4-2-8(3-5-9)11-12-13(22)10(6-19)16(24)21-17(12)26-14(11)18/h2-5,7H,1H3,(H2,20,23)(H2,21,22,24). The van der Waals surface area contributed by atoms with Crippen LogP contribution in [0.1, 0.15) is 12.5 Å². The average Bonchev–Trinajstić information content (AvgIpc) is 2.91. The summed E-state index contributed by atoms with van der Waals surface area (Å²) in [4.78, 5) is 25.8. The zero-order valence-corrected chi connectivity index (χ0v) is 14.9. The molecule has 132 valence electrons. The first-order chi connectivity index (χ1) is 12.3. The number of pyridine rings is 1. The topological polar surface area (TPSA) is 129 Å². The second-order valence-electron chi connectivity index (χ2n) is 5.43. The van der Waals surface area contributed by atoms with E-state index in [4.69, 9.17) is 27.3 Å². The van der Waals surface area contributed by atoms with Crippen LogP contribution in [0.15, 0.2) is 29.1 Å². The Morgan fingerprint density at radius 3 is 2.65 bits per heavy atom. The summed E-state index contributed by atoms with van der Waals surface area (Å²) < 4.78 is 5.74. The molecule has 0 spiro atoms. The maximum absolute atomic E-state index is 11.8. The first kappa shape index (κ1) is 17.8. The van der Waals surface area contributed by atoms with Gasteiger partial charge in [-0.3, -0.25) is 9.59 Å². The number of carbonyl (C=O) groups excluding carboxylic acids is 1. The molecule has 0 radical (unpaired) electrons. The molecule has 0 aliphatic rings. The molecule has 4 N–H and O–H groups in total. The zero-order valence-electron chi connectivity index (χ0n) is 13.4. The van der Waals surface area contributed by atoms with Crippen LogP contribution in [-0.2, 0) is 4.79 Å². The highest BCUT2D eigenvalue weighted by molar-refractivity contribution is 7.23. The normalized spacial score (nSPS) is 11.9. The summed E-state index contributed by atoms with van der Waals surface area (Å²) in [5, 5.41) is 19.7. The van der Waals surface area contributed by atoms with Crippen LogP contribution in [0, 0.1) is 11.3 Å². The fourth-order valence-electron chi connectivity index (χ4n) is 2.44. The first-order valence-electron chi connectivity index (χ1n) is 7.37. The summed E-state index contributed by atoms with van der Waals surface area (Å²) in [6.45, 7) is 1.54. The average molecular weight is 390 g/mol. The van der Waals surface area contributed by atoms with Gasteiger partial charge in [0.05, 0.1) is 5.39 Å². The molecule has 7 nitrogen and oxygen atoms in total. The second kappa shape index (κ2) is 6.71. The van der Waals surface area contributed by atoms with E-state index in [0.717, 1.165) is 11.3 Å². The molecule has 0 fully saturated rings. The van der Waals surface area contributed by atoms with Crippen molar-refractivity contribution in [2.75, 3.05) is 0 Å². The molecule has 1 amide bonds. The molecule has 26 heavy (non-hydrogen) atoms. The van der Waals surface area contributed by atoms with Gasteiger partial charge in [-0.2, -0.15) is 5.26 Å². The number of thiophene rings is 1. The number of nitrogens with one attached hydrogen (secondary N) is 1. The number of hydrogen-bond acceptors (Lipinski definition) is 6. The van der Waals surface area contributed by atoms with E-state index >= 15 is 0 Å². The lowest BCUT2D eigenvalue weighted by molar-refractivity contribution is -0.123. The number of amides is 1. The van der Waals surface area contributed by atoms with E-state index in [1.165, 1.54) is 6.92 Å². The summed E-state index contributed by atoms with van der Waals surface area (Å²) in [6, 6.07) is 8.32. The minimum atomic E-state index is -0.779. The number of fused-ring (bicyclic) bond motifs is 1. The van der Waals surface area contributed by atoms with Crippen LogP contribution in [0.5, 0.6) is 11.5 Å². The van der Waals surface area contributed by atoms with E-state index in [2.05, 4.69) is 4.98 Å². The number of aromatic amines is 1. The fourth-order valence-corrected chi connectivity index (χ4v) is 3.82. The van der Waals surface area contributed by atoms with E-state index in [9.17, 15) is 14.7 Å². The number of halogens is 1. The maximum atomic E-state index is 11.8. The molecular weight excluding hydrogens is 378 g/mol. The first-order valence-corrected chi connectivity index (χ1v) is 8.56. The minimum absolute atomic E-state index is 0.301. The van der Waals surface area contributed by atoms with Crippen LogP contribution in [0.2, 0.25) is 4.34 Å². The molecule has 1 aromatic carbocycles. The third-order valence-electron chi connectivity index (χ3n) is 3.76. The van der Waals surface area contributed by atoms with Crippen molar-refractivity contribution >= 4 is 39.1 Å². The fraction of sp³-hybridized carbons (Fsp3) is 0.118. The number of ether oxygens (including phenoxy) is 1. The van der Waals surface area contributed by atoms with Crippen molar-refractivity contribution in [1.29, 1.82) is 5.26 Å². The summed E-state index contributed by atoms with van der Waals surface area (Å²) in [7, 11) is 0. The second-order valence-corrected chi connectivity index (χ2v) is 7.05. The Kier molecular flexibility index (Phi) is 4.59. The molecule has 1 atom stereocenters. The number of aromatic hydroxyl groups is 1. The van der Waals surface area contributed by atoms with Crippen molar-refractivity contribution in [3.05, 3.63) is 44.5 Å². The van der Waals surface area contributed by atoms with Gasteiger partial charge in [0, 0.05) is 5.56 Å². The lowest BCUT2D eigenvalue weighted by Crippen LogP contribution is -2.30. The molecular formula is C17H12ClN3O4S. The number of nitrogens with zero attached hydrogens (tertiary/aromatic N) is 1. The monoisotopic (exact) mass is 389 g/mol. The van der Waals surface area contributed by atoms with Gasteiger partial charge in [-0.1, -0.05) is 23.7 Å². The quantitative estimate of drug-likeness (QED) is 0.631.